The van der Waals surface area contributed by atoms with Gasteiger partial charge < -0.3 is 15.4 Å². The highest BCUT2D eigenvalue weighted by molar-refractivity contribution is 6.02. The standard InChI is InChI=1S/C18H26N2O2/c1-4-5-10-20-14-11-13(16(19)12-6-7-12)8-9-15(14)22-18(2,3)17(20)21/h8-9,11-12,16H,4-7,10,19H2,1-3H3. The molecule has 120 valence electrons. The van der Waals surface area contributed by atoms with Crippen molar-refractivity contribution >= 4 is 11.6 Å². The van der Waals surface area contributed by atoms with Crippen LogP contribution in [0.2, 0.25) is 0 Å². The number of carbonyl (C=O) groups is 1. The van der Waals surface area contributed by atoms with Crippen LogP contribution in [0.4, 0.5) is 5.69 Å². The summed E-state index contributed by atoms with van der Waals surface area (Å²) in [5.41, 5.74) is 7.51. The number of ether oxygens (including phenoxy) is 1. The van der Waals surface area contributed by atoms with E-state index >= 15 is 0 Å². The predicted octanol–water partition coefficient (Wildman–Crippen LogP) is 3.40. The fourth-order valence-electron chi connectivity index (χ4n) is 3.06. The van der Waals surface area contributed by atoms with Gasteiger partial charge in [-0.05, 0) is 56.7 Å². The number of anilines is 1. The Kier molecular flexibility index (Phi) is 3.89. The minimum Gasteiger partial charge on any atom is -0.476 e. The van der Waals surface area contributed by atoms with Gasteiger partial charge in [0.05, 0.1) is 5.69 Å². The maximum absolute atomic E-state index is 12.7. The third-order valence-corrected chi connectivity index (χ3v) is 4.65. The van der Waals surface area contributed by atoms with Gasteiger partial charge in [0.1, 0.15) is 5.75 Å². The van der Waals surface area contributed by atoms with Gasteiger partial charge in [0, 0.05) is 12.6 Å². The lowest BCUT2D eigenvalue weighted by molar-refractivity contribution is -0.132. The summed E-state index contributed by atoms with van der Waals surface area (Å²) in [6.45, 7) is 6.54. The zero-order chi connectivity index (χ0) is 15.9. The largest absolute Gasteiger partial charge is 0.476 e. The number of hydrogen-bond acceptors (Lipinski definition) is 3. The number of hydrogen-bond donors (Lipinski definition) is 1. The fourth-order valence-corrected chi connectivity index (χ4v) is 3.06. The van der Waals surface area contributed by atoms with Gasteiger partial charge in [-0.1, -0.05) is 19.4 Å². The van der Waals surface area contributed by atoms with Gasteiger partial charge in [-0.15, -0.1) is 0 Å². The van der Waals surface area contributed by atoms with Crippen LogP contribution >= 0.6 is 0 Å². The fraction of sp³-hybridized carbons (Fsp3) is 0.611. The normalized spacial score (nSPS) is 21.3. The van der Waals surface area contributed by atoms with Crippen LogP contribution in [0.1, 0.15) is 58.1 Å². The molecule has 0 bridgehead atoms. The lowest BCUT2D eigenvalue weighted by Crippen LogP contribution is -2.52. The summed E-state index contributed by atoms with van der Waals surface area (Å²) in [7, 11) is 0. The monoisotopic (exact) mass is 302 g/mol. The van der Waals surface area contributed by atoms with Gasteiger partial charge in [0.25, 0.3) is 5.91 Å². The van der Waals surface area contributed by atoms with Crippen molar-refractivity contribution < 1.29 is 9.53 Å². The first-order valence-electron chi connectivity index (χ1n) is 8.34. The summed E-state index contributed by atoms with van der Waals surface area (Å²) in [5.74, 6) is 1.41. The Morgan fingerprint density at radius 1 is 1.41 bits per heavy atom. The van der Waals surface area contributed by atoms with E-state index in [1.165, 1.54) is 12.8 Å². The quantitative estimate of drug-likeness (QED) is 0.907. The third-order valence-electron chi connectivity index (χ3n) is 4.65. The number of benzene rings is 1. The minimum atomic E-state index is -0.805. The Labute approximate surface area is 132 Å². The van der Waals surface area contributed by atoms with Crippen LogP contribution in [0, 0.1) is 5.92 Å². The zero-order valence-electron chi connectivity index (χ0n) is 13.8. The molecule has 1 fully saturated rings. The summed E-state index contributed by atoms with van der Waals surface area (Å²) in [4.78, 5) is 14.6. The van der Waals surface area contributed by atoms with Gasteiger partial charge in [-0.3, -0.25) is 4.79 Å². The molecule has 0 radical (unpaired) electrons. The van der Waals surface area contributed by atoms with Gasteiger partial charge in [-0.25, -0.2) is 0 Å². The lowest BCUT2D eigenvalue weighted by Gasteiger charge is -2.39. The molecule has 1 heterocycles. The van der Waals surface area contributed by atoms with Crippen LogP contribution in [-0.4, -0.2) is 18.1 Å². The van der Waals surface area contributed by atoms with E-state index in [0.29, 0.717) is 5.92 Å². The lowest BCUT2D eigenvalue weighted by atomic mass is 9.98. The smallest absolute Gasteiger partial charge is 0.270 e. The van der Waals surface area contributed by atoms with Crippen molar-refractivity contribution in [2.45, 2.75) is 58.1 Å². The molecule has 1 aromatic rings. The molecule has 0 saturated heterocycles. The molecule has 1 unspecified atom stereocenters. The molecule has 4 nitrogen and oxygen atoms in total. The molecule has 2 N–H and O–H groups in total. The molecule has 4 heteroatoms. The third kappa shape index (κ3) is 2.72. The van der Waals surface area contributed by atoms with Crippen molar-refractivity contribution in [1.82, 2.24) is 0 Å². The maximum atomic E-state index is 12.7. The number of nitrogens with zero attached hydrogens (tertiary/aromatic N) is 1. The first-order chi connectivity index (χ1) is 10.4. The van der Waals surface area contributed by atoms with Crippen molar-refractivity contribution in [3.63, 3.8) is 0 Å². The second kappa shape index (κ2) is 5.58. The number of amides is 1. The SMILES string of the molecule is CCCCN1C(=O)C(C)(C)Oc2ccc(C(N)C3CC3)cc21. The number of nitrogens with two attached hydrogens (primary N) is 1. The first kappa shape index (κ1) is 15.3. The molecule has 0 aromatic heterocycles. The molecule has 22 heavy (non-hydrogen) atoms. The van der Waals surface area contributed by atoms with Crippen LogP contribution in [0.25, 0.3) is 0 Å². The Bertz CT molecular complexity index is 578. The Morgan fingerprint density at radius 3 is 2.77 bits per heavy atom. The van der Waals surface area contributed by atoms with Gasteiger partial charge in [0.2, 0.25) is 0 Å². The van der Waals surface area contributed by atoms with Crippen molar-refractivity contribution in [2.24, 2.45) is 11.7 Å². The average Bonchev–Trinajstić information content (AvgIpc) is 3.31. The zero-order valence-corrected chi connectivity index (χ0v) is 13.8. The summed E-state index contributed by atoms with van der Waals surface area (Å²) < 4.78 is 5.92. The van der Waals surface area contributed by atoms with Gasteiger partial charge in [0.15, 0.2) is 5.60 Å². The highest BCUT2D eigenvalue weighted by Gasteiger charge is 2.41. The van der Waals surface area contributed by atoms with Crippen molar-refractivity contribution in [3.05, 3.63) is 23.8 Å². The second-order valence-corrected chi connectivity index (χ2v) is 7.01. The van der Waals surface area contributed by atoms with Crippen LogP contribution in [0.3, 0.4) is 0 Å². The van der Waals surface area contributed by atoms with Crippen LogP contribution in [0.15, 0.2) is 18.2 Å². The summed E-state index contributed by atoms with van der Waals surface area (Å²) >= 11 is 0. The van der Waals surface area contributed by atoms with E-state index in [1.807, 2.05) is 30.9 Å². The molecule has 1 aliphatic heterocycles. The van der Waals surface area contributed by atoms with E-state index in [9.17, 15) is 4.79 Å². The van der Waals surface area contributed by atoms with E-state index in [4.69, 9.17) is 10.5 Å². The molecule has 1 atom stereocenters. The maximum Gasteiger partial charge on any atom is 0.270 e. The average molecular weight is 302 g/mol. The molecule has 1 aliphatic carbocycles. The predicted molar refractivity (Wildman–Crippen MR) is 88.1 cm³/mol. The van der Waals surface area contributed by atoms with E-state index in [-0.39, 0.29) is 11.9 Å². The summed E-state index contributed by atoms with van der Waals surface area (Å²) in [5, 5.41) is 0. The second-order valence-electron chi connectivity index (χ2n) is 7.01. The molecular weight excluding hydrogens is 276 g/mol. The van der Waals surface area contributed by atoms with Crippen LogP contribution in [-0.2, 0) is 4.79 Å². The van der Waals surface area contributed by atoms with E-state index in [0.717, 1.165) is 36.4 Å². The number of carbonyl (C=O) groups excluding carboxylic acids is 1. The van der Waals surface area contributed by atoms with Crippen molar-refractivity contribution in [3.8, 4) is 5.75 Å². The highest BCUT2D eigenvalue weighted by atomic mass is 16.5. The molecule has 3 rings (SSSR count). The van der Waals surface area contributed by atoms with Gasteiger partial charge >= 0.3 is 0 Å². The molecule has 2 aliphatic rings. The molecule has 0 spiro atoms. The Hall–Kier alpha value is -1.55. The van der Waals surface area contributed by atoms with Crippen LogP contribution < -0.4 is 15.4 Å². The number of rotatable bonds is 5. The molecular formula is C18H26N2O2. The van der Waals surface area contributed by atoms with Crippen molar-refractivity contribution in [2.75, 3.05) is 11.4 Å². The first-order valence-corrected chi connectivity index (χ1v) is 8.34. The molecule has 1 saturated carbocycles. The van der Waals surface area contributed by atoms with Crippen LogP contribution in [0.5, 0.6) is 5.75 Å². The van der Waals surface area contributed by atoms with Gasteiger partial charge in [-0.2, -0.15) is 0 Å². The highest BCUT2D eigenvalue weighted by Crippen LogP contribution is 2.43. The summed E-state index contributed by atoms with van der Waals surface area (Å²) in [6, 6.07) is 6.15. The van der Waals surface area contributed by atoms with E-state index in [1.54, 1.807) is 0 Å². The number of unbranched alkanes of at least 4 members (excludes halogenated alkanes) is 1. The summed E-state index contributed by atoms with van der Waals surface area (Å²) in [6.07, 6.45) is 4.46. The molecule has 1 amide bonds. The molecule has 1 aromatic carbocycles. The Balaban J connectivity index is 1.96. The topological polar surface area (TPSA) is 55.6 Å². The minimum absolute atomic E-state index is 0.0330. The number of fused-ring (bicyclic) bond motifs is 1. The van der Waals surface area contributed by atoms with E-state index in [2.05, 4.69) is 13.0 Å². The van der Waals surface area contributed by atoms with E-state index < -0.39 is 5.60 Å². The van der Waals surface area contributed by atoms with Crippen molar-refractivity contribution in [1.29, 1.82) is 0 Å². The Morgan fingerprint density at radius 2 is 2.14 bits per heavy atom.